The maximum Gasteiger partial charge on any atom is 0.408 e. The van der Waals surface area contributed by atoms with E-state index in [0.29, 0.717) is 5.92 Å². The van der Waals surface area contributed by atoms with Gasteiger partial charge >= 0.3 is 6.09 Å². The van der Waals surface area contributed by atoms with E-state index in [1.165, 1.54) is 38.5 Å². The van der Waals surface area contributed by atoms with Gasteiger partial charge in [-0.25, -0.2) is 4.79 Å². The zero-order chi connectivity index (χ0) is 14.8. The molecule has 2 aliphatic rings. The normalized spacial score (nSPS) is 24.6. The summed E-state index contributed by atoms with van der Waals surface area (Å²) in [6, 6.07) is 0.0770. The Labute approximate surface area is 122 Å². The van der Waals surface area contributed by atoms with Gasteiger partial charge in [-0.2, -0.15) is 0 Å². The van der Waals surface area contributed by atoms with Crippen molar-refractivity contribution >= 4 is 6.09 Å². The van der Waals surface area contributed by atoms with Gasteiger partial charge in [0.25, 0.3) is 0 Å². The Balaban J connectivity index is 1.91. The molecule has 0 spiro atoms. The van der Waals surface area contributed by atoms with E-state index in [2.05, 4.69) is 5.32 Å². The van der Waals surface area contributed by atoms with E-state index in [1.54, 1.807) is 0 Å². The van der Waals surface area contributed by atoms with Crippen LogP contribution >= 0.6 is 0 Å². The number of nitrogens with two attached hydrogens (primary N) is 1. The molecule has 3 N–H and O–H groups in total. The number of carbonyl (C=O) groups is 1. The molecule has 1 unspecified atom stereocenters. The van der Waals surface area contributed by atoms with Crippen molar-refractivity contribution in [3.05, 3.63) is 0 Å². The molecule has 20 heavy (non-hydrogen) atoms. The first-order valence-electron chi connectivity index (χ1n) is 8.09. The molecule has 0 radical (unpaired) electrons. The lowest BCUT2D eigenvalue weighted by atomic mass is 9.86. The first-order chi connectivity index (χ1) is 9.32. The molecular formula is C16H30N2O2. The molecule has 4 heteroatoms. The predicted molar refractivity (Wildman–Crippen MR) is 80.5 cm³/mol. The summed E-state index contributed by atoms with van der Waals surface area (Å²) in [7, 11) is 0. The number of ether oxygens (including phenoxy) is 1. The number of nitrogens with one attached hydrogen (secondary N) is 1. The quantitative estimate of drug-likeness (QED) is 0.780. The summed E-state index contributed by atoms with van der Waals surface area (Å²) < 4.78 is 5.37. The fraction of sp³-hybridized carbons (Fsp3) is 0.938. The molecule has 1 amide bonds. The largest absolute Gasteiger partial charge is 0.444 e. The minimum absolute atomic E-state index is 0.0770. The summed E-state index contributed by atoms with van der Waals surface area (Å²) in [5.74, 6) is 0.551. The summed E-state index contributed by atoms with van der Waals surface area (Å²) in [6.07, 6.45) is 9.29. The SMILES string of the molecule is CC(C)(C)OC(=O)NC1(C(N)C2CCCCCC2)CC1. The van der Waals surface area contributed by atoms with Crippen molar-refractivity contribution < 1.29 is 9.53 Å². The predicted octanol–water partition coefficient (Wildman–Crippen LogP) is 3.34. The smallest absolute Gasteiger partial charge is 0.408 e. The molecular weight excluding hydrogens is 252 g/mol. The van der Waals surface area contributed by atoms with E-state index < -0.39 is 5.60 Å². The van der Waals surface area contributed by atoms with Crippen LogP contribution in [0.25, 0.3) is 0 Å². The minimum atomic E-state index is -0.452. The maximum absolute atomic E-state index is 12.0. The first kappa shape index (κ1) is 15.6. The second kappa shape index (κ2) is 5.92. The summed E-state index contributed by atoms with van der Waals surface area (Å²) in [6.45, 7) is 5.66. The van der Waals surface area contributed by atoms with Crippen molar-refractivity contribution in [2.75, 3.05) is 0 Å². The third-order valence-electron chi connectivity index (χ3n) is 4.58. The Kier molecular flexibility index (Phi) is 4.62. The van der Waals surface area contributed by atoms with Crippen LogP contribution < -0.4 is 11.1 Å². The van der Waals surface area contributed by atoms with Gasteiger partial charge < -0.3 is 15.8 Å². The third kappa shape index (κ3) is 4.11. The van der Waals surface area contributed by atoms with Crippen LogP contribution in [0.1, 0.15) is 72.1 Å². The maximum atomic E-state index is 12.0. The van der Waals surface area contributed by atoms with Gasteiger partial charge in [-0.15, -0.1) is 0 Å². The lowest BCUT2D eigenvalue weighted by Gasteiger charge is -2.32. The van der Waals surface area contributed by atoms with Crippen molar-refractivity contribution in [3.63, 3.8) is 0 Å². The molecule has 0 aliphatic heterocycles. The Bertz CT molecular complexity index is 337. The fourth-order valence-corrected chi connectivity index (χ4v) is 3.30. The van der Waals surface area contributed by atoms with Crippen LogP contribution in [0, 0.1) is 5.92 Å². The van der Waals surface area contributed by atoms with Crippen LogP contribution in [-0.2, 0) is 4.74 Å². The zero-order valence-corrected chi connectivity index (χ0v) is 13.2. The minimum Gasteiger partial charge on any atom is -0.444 e. The highest BCUT2D eigenvalue weighted by atomic mass is 16.6. The number of carbonyl (C=O) groups excluding carboxylic acids is 1. The van der Waals surface area contributed by atoms with Crippen LogP contribution in [0.5, 0.6) is 0 Å². The summed E-state index contributed by atoms with van der Waals surface area (Å²) in [5.41, 5.74) is 5.85. The van der Waals surface area contributed by atoms with Gasteiger partial charge in [-0.3, -0.25) is 0 Å². The summed E-state index contributed by atoms with van der Waals surface area (Å²) in [5, 5.41) is 3.06. The molecule has 2 fully saturated rings. The molecule has 2 aliphatic carbocycles. The zero-order valence-electron chi connectivity index (χ0n) is 13.2. The van der Waals surface area contributed by atoms with E-state index in [-0.39, 0.29) is 17.7 Å². The van der Waals surface area contributed by atoms with E-state index in [4.69, 9.17) is 10.5 Å². The van der Waals surface area contributed by atoms with Crippen LogP contribution in [0.2, 0.25) is 0 Å². The van der Waals surface area contributed by atoms with E-state index in [1.807, 2.05) is 20.8 Å². The number of amides is 1. The molecule has 2 rings (SSSR count). The summed E-state index contributed by atoms with van der Waals surface area (Å²) in [4.78, 5) is 12.0. The highest BCUT2D eigenvalue weighted by Gasteiger charge is 2.52. The highest BCUT2D eigenvalue weighted by molar-refractivity contribution is 5.69. The molecule has 0 aromatic carbocycles. The van der Waals surface area contributed by atoms with Crippen molar-refractivity contribution in [1.82, 2.24) is 5.32 Å². The van der Waals surface area contributed by atoms with Crippen molar-refractivity contribution in [3.8, 4) is 0 Å². The van der Waals surface area contributed by atoms with Crippen LogP contribution in [0.4, 0.5) is 4.79 Å². The van der Waals surface area contributed by atoms with Crippen LogP contribution in [-0.4, -0.2) is 23.3 Å². The number of hydrogen-bond acceptors (Lipinski definition) is 3. The highest BCUT2D eigenvalue weighted by Crippen LogP contribution is 2.43. The number of alkyl carbamates (subject to hydrolysis) is 1. The average molecular weight is 282 g/mol. The van der Waals surface area contributed by atoms with E-state index >= 15 is 0 Å². The van der Waals surface area contributed by atoms with E-state index in [9.17, 15) is 4.79 Å². The average Bonchev–Trinajstić information content (AvgIpc) is 3.09. The van der Waals surface area contributed by atoms with E-state index in [0.717, 1.165) is 12.8 Å². The van der Waals surface area contributed by atoms with Gasteiger partial charge in [0.1, 0.15) is 5.60 Å². The second-order valence-corrected chi connectivity index (χ2v) is 7.56. The molecule has 116 valence electrons. The summed E-state index contributed by atoms with van der Waals surface area (Å²) >= 11 is 0. The first-order valence-corrected chi connectivity index (χ1v) is 8.09. The Morgan fingerprint density at radius 2 is 1.75 bits per heavy atom. The lowest BCUT2D eigenvalue weighted by molar-refractivity contribution is 0.0477. The second-order valence-electron chi connectivity index (χ2n) is 7.56. The van der Waals surface area contributed by atoms with Crippen molar-refractivity contribution in [2.24, 2.45) is 11.7 Å². The van der Waals surface area contributed by atoms with Gasteiger partial charge in [-0.05, 0) is 52.4 Å². The number of hydrogen-bond donors (Lipinski definition) is 2. The molecule has 4 nitrogen and oxygen atoms in total. The third-order valence-corrected chi connectivity index (χ3v) is 4.58. The Morgan fingerprint density at radius 3 is 2.20 bits per heavy atom. The molecule has 0 aromatic rings. The standard InChI is InChI=1S/C16H30N2O2/c1-15(2,3)20-14(19)18-16(10-11-16)13(17)12-8-6-4-5-7-9-12/h12-13H,4-11,17H2,1-3H3,(H,18,19). The van der Waals surface area contributed by atoms with Crippen LogP contribution in [0.3, 0.4) is 0 Å². The number of rotatable bonds is 3. The van der Waals surface area contributed by atoms with Crippen LogP contribution in [0.15, 0.2) is 0 Å². The van der Waals surface area contributed by atoms with Gasteiger partial charge in [0.15, 0.2) is 0 Å². The molecule has 0 saturated heterocycles. The fourth-order valence-electron chi connectivity index (χ4n) is 3.30. The molecule has 0 bridgehead atoms. The Morgan fingerprint density at radius 1 is 1.20 bits per heavy atom. The Hall–Kier alpha value is -0.770. The van der Waals surface area contributed by atoms with Gasteiger partial charge in [0.05, 0.1) is 5.54 Å². The van der Waals surface area contributed by atoms with Crippen molar-refractivity contribution in [1.29, 1.82) is 0 Å². The van der Waals surface area contributed by atoms with Gasteiger partial charge in [0, 0.05) is 6.04 Å². The van der Waals surface area contributed by atoms with Gasteiger partial charge in [-0.1, -0.05) is 25.7 Å². The van der Waals surface area contributed by atoms with Gasteiger partial charge in [0.2, 0.25) is 0 Å². The molecule has 0 aromatic heterocycles. The molecule has 1 atom stereocenters. The molecule has 0 heterocycles. The monoisotopic (exact) mass is 282 g/mol. The topological polar surface area (TPSA) is 64.3 Å². The lowest BCUT2D eigenvalue weighted by Crippen LogP contribution is -2.54. The van der Waals surface area contributed by atoms with Crippen molar-refractivity contribution in [2.45, 2.75) is 89.3 Å². The molecule has 2 saturated carbocycles.